The summed E-state index contributed by atoms with van der Waals surface area (Å²) in [7, 11) is -3.83. The molecule has 0 bridgehead atoms. The van der Waals surface area contributed by atoms with Gasteiger partial charge in [-0.25, -0.2) is 0 Å². The Balaban J connectivity index is 2.14. The minimum absolute atomic E-state index is 0.0638. The van der Waals surface area contributed by atoms with Gasteiger partial charge in [-0.2, -0.15) is 0 Å². The third kappa shape index (κ3) is 3.51. The van der Waals surface area contributed by atoms with Crippen molar-refractivity contribution in [3.05, 3.63) is 77.4 Å². The number of benzene rings is 3. The first-order chi connectivity index (χ1) is 12.7. The first-order valence-electron chi connectivity index (χ1n) is 8.74. The Labute approximate surface area is 159 Å². The van der Waals surface area contributed by atoms with E-state index in [1.807, 2.05) is 0 Å². The molecule has 0 fully saturated rings. The molecule has 0 saturated heterocycles. The minimum Gasteiger partial charge on any atom is -0.507 e. The molecule has 0 aliphatic carbocycles. The molecule has 0 aromatic heterocycles. The average molecular weight is 382 g/mol. The molecule has 4 nitrogen and oxygen atoms in total. The van der Waals surface area contributed by atoms with Crippen LogP contribution in [-0.2, 0) is 4.57 Å². The Hall–Kier alpha value is -2.55. The fourth-order valence-electron chi connectivity index (χ4n) is 3.32. The molecule has 0 radical (unpaired) electrons. The fraction of sp³-hybridized carbons (Fsp3) is 0.182. The number of para-hydroxylation sites is 1. The SMILES string of the molecule is Cc1cc(C(C)P(=O)(O)c2ccccc2-c2ccccc2O)cc(C)c1O. The van der Waals surface area contributed by atoms with E-state index >= 15 is 0 Å². The molecular weight excluding hydrogens is 359 g/mol. The number of phenols is 2. The number of hydrogen-bond donors (Lipinski definition) is 3. The van der Waals surface area contributed by atoms with Crippen LogP contribution < -0.4 is 5.30 Å². The molecule has 27 heavy (non-hydrogen) atoms. The zero-order valence-corrected chi connectivity index (χ0v) is 16.4. The molecule has 0 aliphatic rings. The molecule has 3 N–H and O–H groups in total. The molecule has 0 saturated carbocycles. The number of phenolic OH excluding ortho intramolecular Hbond substituents is 2. The number of hydrogen-bond acceptors (Lipinski definition) is 3. The van der Waals surface area contributed by atoms with Crippen molar-refractivity contribution in [1.29, 1.82) is 0 Å². The number of aryl methyl sites for hydroxylation is 2. The van der Waals surface area contributed by atoms with E-state index < -0.39 is 13.0 Å². The highest BCUT2D eigenvalue weighted by Gasteiger charge is 2.33. The number of aromatic hydroxyl groups is 2. The van der Waals surface area contributed by atoms with Gasteiger partial charge in [0.15, 0.2) is 0 Å². The predicted octanol–water partition coefficient (Wildman–Crippen LogP) is 5.04. The van der Waals surface area contributed by atoms with Crippen LogP contribution >= 0.6 is 7.37 Å². The summed E-state index contributed by atoms with van der Waals surface area (Å²) in [6.45, 7) is 5.27. The van der Waals surface area contributed by atoms with Crippen LogP contribution in [-0.4, -0.2) is 15.1 Å². The van der Waals surface area contributed by atoms with Gasteiger partial charge < -0.3 is 15.1 Å². The van der Waals surface area contributed by atoms with Gasteiger partial charge in [0.05, 0.1) is 5.66 Å². The maximum Gasteiger partial charge on any atom is 0.237 e. The van der Waals surface area contributed by atoms with E-state index in [1.165, 1.54) is 0 Å². The lowest BCUT2D eigenvalue weighted by molar-refractivity contribution is 0.465. The van der Waals surface area contributed by atoms with E-state index in [0.29, 0.717) is 33.1 Å². The van der Waals surface area contributed by atoms with Gasteiger partial charge >= 0.3 is 0 Å². The van der Waals surface area contributed by atoms with Crippen LogP contribution in [0.3, 0.4) is 0 Å². The molecule has 3 aromatic carbocycles. The van der Waals surface area contributed by atoms with E-state index in [-0.39, 0.29) is 11.5 Å². The maximum atomic E-state index is 13.5. The summed E-state index contributed by atoms with van der Waals surface area (Å²) in [6, 6.07) is 17.2. The molecule has 140 valence electrons. The van der Waals surface area contributed by atoms with Crippen LogP contribution in [0.5, 0.6) is 11.5 Å². The van der Waals surface area contributed by atoms with E-state index in [1.54, 1.807) is 81.4 Å². The molecule has 0 aliphatic heterocycles. The van der Waals surface area contributed by atoms with Gasteiger partial charge in [-0.05, 0) is 55.2 Å². The van der Waals surface area contributed by atoms with Crippen LogP contribution in [0.2, 0.25) is 0 Å². The van der Waals surface area contributed by atoms with Crippen molar-refractivity contribution >= 4 is 12.7 Å². The van der Waals surface area contributed by atoms with Gasteiger partial charge in [0.25, 0.3) is 0 Å². The molecular formula is C22H23O4P. The lowest BCUT2D eigenvalue weighted by Crippen LogP contribution is -2.13. The summed E-state index contributed by atoms with van der Waals surface area (Å²) in [4.78, 5) is 11.1. The van der Waals surface area contributed by atoms with E-state index in [2.05, 4.69) is 0 Å². The Morgan fingerprint density at radius 3 is 1.96 bits per heavy atom. The smallest absolute Gasteiger partial charge is 0.237 e. The van der Waals surface area contributed by atoms with Crippen molar-refractivity contribution in [2.75, 3.05) is 0 Å². The van der Waals surface area contributed by atoms with Gasteiger partial charge in [-0.1, -0.05) is 48.5 Å². The fourth-order valence-corrected chi connectivity index (χ4v) is 5.13. The second-order valence-corrected chi connectivity index (χ2v) is 9.34. The first kappa shape index (κ1) is 19.2. The van der Waals surface area contributed by atoms with Gasteiger partial charge in [0.1, 0.15) is 11.5 Å². The standard InChI is InChI=1S/C22H23O4P/c1-14-12-17(13-15(2)22(14)24)16(3)27(25,26)21-11-7-5-9-19(21)18-8-4-6-10-20(18)23/h4-13,16,23-24H,1-3H3,(H,25,26). The average Bonchev–Trinajstić information content (AvgIpc) is 2.65. The summed E-state index contributed by atoms with van der Waals surface area (Å²) in [5.41, 5.74) is 2.44. The highest BCUT2D eigenvalue weighted by atomic mass is 31.2. The molecule has 3 rings (SSSR count). The van der Waals surface area contributed by atoms with E-state index in [0.717, 1.165) is 0 Å². The van der Waals surface area contributed by atoms with Crippen LogP contribution in [0.4, 0.5) is 0 Å². The highest BCUT2D eigenvalue weighted by Crippen LogP contribution is 2.56. The summed E-state index contributed by atoms with van der Waals surface area (Å²) in [6.07, 6.45) is 0. The molecule has 0 amide bonds. The largest absolute Gasteiger partial charge is 0.507 e. The number of rotatable bonds is 4. The molecule has 5 heteroatoms. The van der Waals surface area contributed by atoms with Crippen molar-refractivity contribution in [2.45, 2.75) is 26.4 Å². The van der Waals surface area contributed by atoms with Crippen molar-refractivity contribution in [1.82, 2.24) is 0 Å². The van der Waals surface area contributed by atoms with Gasteiger partial charge in [-0.3, -0.25) is 4.57 Å². The van der Waals surface area contributed by atoms with Gasteiger partial charge in [0, 0.05) is 10.9 Å². The molecule has 2 atom stereocenters. The van der Waals surface area contributed by atoms with Crippen LogP contribution in [0.15, 0.2) is 60.7 Å². The Bertz CT molecular complexity index is 1020. The van der Waals surface area contributed by atoms with Crippen molar-refractivity contribution in [3.63, 3.8) is 0 Å². The highest BCUT2D eigenvalue weighted by molar-refractivity contribution is 7.66. The minimum atomic E-state index is -3.83. The van der Waals surface area contributed by atoms with Crippen molar-refractivity contribution in [3.8, 4) is 22.6 Å². The zero-order chi connectivity index (χ0) is 19.8. The second kappa shape index (κ2) is 7.22. The van der Waals surface area contributed by atoms with Crippen molar-refractivity contribution in [2.24, 2.45) is 0 Å². The molecule has 3 aromatic rings. The third-order valence-electron chi connectivity index (χ3n) is 4.96. The van der Waals surface area contributed by atoms with E-state index in [9.17, 15) is 19.7 Å². The predicted molar refractivity (Wildman–Crippen MR) is 109 cm³/mol. The Morgan fingerprint density at radius 2 is 1.37 bits per heavy atom. The normalized spacial score (nSPS) is 14.5. The Kier molecular flexibility index (Phi) is 5.14. The second-order valence-electron chi connectivity index (χ2n) is 6.84. The van der Waals surface area contributed by atoms with Crippen LogP contribution in [0.25, 0.3) is 11.1 Å². The van der Waals surface area contributed by atoms with Crippen LogP contribution in [0.1, 0.15) is 29.3 Å². The van der Waals surface area contributed by atoms with E-state index in [4.69, 9.17) is 0 Å². The third-order valence-corrected chi connectivity index (χ3v) is 7.39. The maximum absolute atomic E-state index is 13.5. The van der Waals surface area contributed by atoms with Gasteiger partial charge in [0.2, 0.25) is 7.37 Å². The first-order valence-corrected chi connectivity index (χ1v) is 10.5. The summed E-state index contributed by atoms with van der Waals surface area (Å²) < 4.78 is 13.5. The molecule has 2 unspecified atom stereocenters. The molecule has 0 spiro atoms. The summed E-state index contributed by atoms with van der Waals surface area (Å²) >= 11 is 0. The summed E-state index contributed by atoms with van der Waals surface area (Å²) in [5, 5.41) is 20.5. The zero-order valence-electron chi connectivity index (χ0n) is 15.5. The topological polar surface area (TPSA) is 77.8 Å². The lowest BCUT2D eigenvalue weighted by Gasteiger charge is -2.23. The monoisotopic (exact) mass is 382 g/mol. The van der Waals surface area contributed by atoms with Gasteiger partial charge in [-0.15, -0.1) is 0 Å². The van der Waals surface area contributed by atoms with Crippen molar-refractivity contribution < 1.29 is 19.7 Å². The summed E-state index contributed by atoms with van der Waals surface area (Å²) in [5.74, 6) is 0.266. The molecule has 0 heterocycles. The lowest BCUT2D eigenvalue weighted by atomic mass is 10.0. The quantitative estimate of drug-likeness (QED) is 0.553. The van der Waals surface area contributed by atoms with Crippen LogP contribution in [0, 0.1) is 13.8 Å². The Morgan fingerprint density at radius 1 is 0.852 bits per heavy atom.